The molecule has 112 valence electrons. The van der Waals surface area contributed by atoms with Crippen molar-refractivity contribution in [3.8, 4) is 11.3 Å². The van der Waals surface area contributed by atoms with Crippen molar-refractivity contribution in [3.63, 3.8) is 0 Å². The number of carboxylic acids is 1. The van der Waals surface area contributed by atoms with Gasteiger partial charge in [-0.15, -0.1) is 0 Å². The minimum Gasteiger partial charge on any atom is -0.477 e. The summed E-state index contributed by atoms with van der Waals surface area (Å²) in [5.74, 6) is -1.08. The van der Waals surface area contributed by atoms with Crippen LogP contribution in [-0.2, 0) is 6.18 Å². The van der Waals surface area contributed by atoms with Crippen LogP contribution in [0.25, 0.3) is 22.2 Å². The average Bonchev–Trinajstić information content (AvgIpc) is 2.89. The Bertz CT molecular complexity index is 851. The topological polar surface area (TPSA) is 66.0 Å². The molecule has 2 N–H and O–H groups in total. The number of halogens is 3. The Labute approximate surface area is 122 Å². The molecule has 0 fully saturated rings. The lowest BCUT2D eigenvalue weighted by molar-refractivity contribution is -0.137. The molecule has 0 saturated heterocycles. The van der Waals surface area contributed by atoms with Crippen molar-refractivity contribution in [2.45, 2.75) is 6.18 Å². The summed E-state index contributed by atoms with van der Waals surface area (Å²) < 4.78 is 37.5. The molecule has 0 spiro atoms. The number of aromatic carboxylic acids is 1. The highest BCUT2D eigenvalue weighted by Crippen LogP contribution is 2.30. The van der Waals surface area contributed by atoms with Crippen LogP contribution >= 0.6 is 0 Å². The number of carbonyl (C=O) groups is 1. The average molecular weight is 306 g/mol. The van der Waals surface area contributed by atoms with Gasteiger partial charge in [-0.3, -0.25) is 4.98 Å². The number of rotatable bonds is 2. The lowest BCUT2D eigenvalue weighted by Gasteiger charge is -2.07. The lowest BCUT2D eigenvalue weighted by Crippen LogP contribution is -2.05. The number of H-pyrrole nitrogens is 1. The maximum absolute atomic E-state index is 12.5. The van der Waals surface area contributed by atoms with Crippen LogP contribution in [0, 0.1) is 0 Å². The lowest BCUT2D eigenvalue weighted by atomic mass is 10.1. The highest BCUT2D eigenvalue weighted by atomic mass is 19.4. The molecule has 0 unspecified atom stereocenters. The van der Waals surface area contributed by atoms with Gasteiger partial charge in [0.2, 0.25) is 0 Å². The Morgan fingerprint density at radius 3 is 2.50 bits per heavy atom. The third-order valence-electron chi connectivity index (χ3n) is 3.24. The van der Waals surface area contributed by atoms with Crippen molar-refractivity contribution >= 4 is 16.9 Å². The van der Waals surface area contributed by atoms with E-state index in [2.05, 4.69) is 9.97 Å². The monoisotopic (exact) mass is 306 g/mol. The van der Waals surface area contributed by atoms with Gasteiger partial charge >= 0.3 is 12.1 Å². The number of benzene rings is 1. The van der Waals surface area contributed by atoms with Crippen molar-refractivity contribution in [2.24, 2.45) is 0 Å². The van der Waals surface area contributed by atoms with Crippen LogP contribution < -0.4 is 0 Å². The van der Waals surface area contributed by atoms with Gasteiger partial charge in [-0.2, -0.15) is 13.2 Å². The zero-order chi connectivity index (χ0) is 15.9. The van der Waals surface area contributed by atoms with E-state index in [4.69, 9.17) is 5.11 Å². The number of hydrogen-bond acceptors (Lipinski definition) is 2. The molecule has 3 aromatic rings. The van der Waals surface area contributed by atoms with Gasteiger partial charge in [0, 0.05) is 22.7 Å². The molecular formula is C15H9F3N2O2. The summed E-state index contributed by atoms with van der Waals surface area (Å²) in [6.45, 7) is 0. The number of nitrogens with one attached hydrogen (secondary N) is 1. The molecule has 1 aromatic carbocycles. The third kappa shape index (κ3) is 2.52. The van der Waals surface area contributed by atoms with Gasteiger partial charge < -0.3 is 10.1 Å². The first-order valence-electron chi connectivity index (χ1n) is 6.24. The van der Waals surface area contributed by atoms with Gasteiger partial charge in [0.05, 0.1) is 11.3 Å². The van der Waals surface area contributed by atoms with E-state index in [1.807, 2.05) is 0 Å². The molecule has 0 radical (unpaired) electrons. The van der Waals surface area contributed by atoms with E-state index in [1.54, 1.807) is 18.2 Å². The van der Waals surface area contributed by atoms with Gasteiger partial charge in [-0.25, -0.2) is 4.79 Å². The second-order valence-corrected chi connectivity index (χ2v) is 4.72. The molecular weight excluding hydrogens is 297 g/mol. The van der Waals surface area contributed by atoms with Gasteiger partial charge in [0.25, 0.3) is 0 Å². The number of fused-ring (bicyclic) bond motifs is 1. The van der Waals surface area contributed by atoms with Crippen LogP contribution in [0.5, 0.6) is 0 Å². The Morgan fingerprint density at radius 2 is 1.91 bits per heavy atom. The summed E-state index contributed by atoms with van der Waals surface area (Å²) in [6, 6.07) is 8.72. The van der Waals surface area contributed by atoms with Crippen LogP contribution in [0.15, 0.2) is 42.6 Å². The number of pyridine rings is 1. The first-order chi connectivity index (χ1) is 10.3. The van der Waals surface area contributed by atoms with Crippen LogP contribution in [0.4, 0.5) is 13.2 Å². The second kappa shape index (κ2) is 4.87. The van der Waals surface area contributed by atoms with E-state index >= 15 is 0 Å². The van der Waals surface area contributed by atoms with E-state index in [0.29, 0.717) is 22.2 Å². The summed E-state index contributed by atoms with van der Waals surface area (Å²) in [5, 5.41) is 9.58. The van der Waals surface area contributed by atoms with Crippen molar-refractivity contribution in [1.82, 2.24) is 9.97 Å². The summed E-state index contributed by atoms with van der Waals surface area (Å²) in [4.78, 5) is 17.5. The molecule has 0 aliphatic carbocycles. The maximum atomic E-state index is 12.5. The highest BCUT2D eigenvalue weighted by molar-refractivity contribution is 5.95. The number of hydrogen-bond donors (Lipinski definition) is 2. The number of nitrogens with zero attached hydrogens (tertiary/aromatic N) is 1. The molecule has 2 aromatic heterocycles. The van der Waals surface area contributed by atoms with Crippen LogP contribution in [-0.4, -0.2) is 21.0 Å². The van der Waals surface area contributed by atoms with Crippen molar-refractivity contribution in [3.05, 3.63) is 53.9 Å². The largest absolute Gasteiger partial charge is 0.477 e. The van der Waals surface area contributed by atoms with E-state index < -0.39 is 17.7 Å². The molecule has 2 heterocycles. The number of carboxylic acid groups (broad SMARTS) is 1. The fourth-order valence-electron chi connectivity index (χ4n) is 2.14. The van der Waals surface area contributed by atoms with Crippen LogP contribution in [0.2, 0.25) is 0 Å². The number of alkyl halides is 3. The summed E-state index contributed by atoms with van der Waals surface area (Å²) in [7, 11) is 0. The van der Waals surface area contributed by atoms with E-state index in [0.717, 1.165) is 12.3 Å². The second-order valence-electron chi connectivity index (χ2n) is 4.72. The van der Waals surface area contributed by atoms with Gasteiger partial charge in [0.15, 0.2) is 0 Å². The molecule has 4 nitrogen and oxygen atoms in total. The third-order valence-corrected chi connectivity index (χ3v) is 3.24. The molecule has 0 amide bonds. The maximum Gasteiger partial charge on any atom is 0.417 e. The Balaban J connectivity index is 2.01. The van der Waals surface area contributed by atoms with Crippen molar-refractivity contribution in [1.29, 1.82) is 0 Å². The summed E-state index contributed by atoms with van der Waals surface area (Å²) in [6.07, 6.45) is -3.65. The molecule has 0 bridgehead atoms. The Kier molecular flexibility index (Phi) is 3.13. The molecule has 3 rings (SSSR count). The Hall–Kier alpha value is -2.83. The zero-order valence-electron chi connectivity index (χ0n) is 11.0. The predicted octanol–water partition coefficient (Wildman–Crippen LogP) is 3.95. The smallest absolute Gasteiger partial charge is 0.417 e. The first kappa shape index (κ1) is 14.1. The molecule has 0 atom stereocenters. The number of aromatic amines is 1. The summed E-state index contributed by atoms with van der Waals surface area (Å²) in [5.41, 5.74) is 0.859. The van der Waals surface area contributed by atoms with Gasteiger partial charge in [-0.05, 0) is 30.3 Å². The fourth-order valence-corrected chi connectivity index (χ4v) is 2.14. The number of aromatic nitrogens is 2. The molecule has 7 heteroatoms. The first-order valence-corrected chi connectivity index (χ1v) is 6.24. The predicted molar refractivity (Wildman–Crippen MR) is 73.5 cm³/mol. The van der Waals surface area contributed by atoms with E-state index in [-0.39, 0.29) is 5.69 Å². The van der Waals surface area contributed by atoms with E-state index in [9.17, 15) is 18.0 Å². The Morgan fingerprint density at radius 1 is 1.14 bits per heavy atom. The minimum atomic E-state index is -4.42. The summed E-state index contributed by atoms with van der Waals surface area (Å²) >= 11 is 0. The van der Waals surface area contributed by atoms with E-state index in [1.165, 1.54) is 12.1 Å². The minimum absolute atomic E-state index is 0.0486. The van der Waals surface area contributed by atoms with Crippen LogP contribution in [0.1, 0.15) is 16.1 Å². The normalized spacial score (nSPS) is 11.8. The van der Waals surface area contributed by atoms with Crippen molar-refractivity contribution < 1.29 is 23.1 Å². The molecule has 0 aliphatic heterocycles. The van der Waals surface area contributed by atoms with Crippen LogP contribution in [0.3, 0.4) is 0 Å². The standard InChI is InChI=1S/C15H9F3N2O2/c16-15(17,18)10-2-4-11(19-7-10)8-1-3-12-9(5-8)6-13(20-12)14(21)22/h1-7,20H,(H,21,22). The van der Waals surface area contributed by atoms with Gasteiger partial charge in [-0.1, -0.05) is 6.07 Å². The zero-order valence-corrected chi connectivity index (χ0v) is 11.0. The SMILES string of the molecule is O=C(O)c1cc2cc(-c3ccc(C(F)(F)F)cn3)ccc2[nH]1. The van der Waals surface area contributed by atoms with Crippen molar-refractivity contribution in [2.75, 3.05) is 0 Å². The molecule has 0 aliphatic rings. The molecule has 22 heavy (non-hydrogen) atoms. The fraction of sp³-hybridized carbons (Fsp3) is 0.0667. The quantitative estimate of drug-likeness (QED) is 0.753. The molecule has 0 saturated carbocycles. The highest BCUT2D eigenvalue weighted by Gasteiger charge is 2.30. The van der Waals surface area contributed by atoms with Gasteiger partial charge in [0.1, 0.15) is 5.69 Å².